The third kappa shape index (κ3) is 2.70. The minimum atomic E-state index is 0.503. The lowest BCUT2D eigenvalue weighted by Crippen LogP contribution is -2.22. The van der Waals surface area contributed by atoms with Gasteiger partial charge in [0.25, 0.3) is 0 Å². The summed E-state index contributed by atoms with van der Waals surface area (Å²) in [6, 6.07) is 10.8. The molecule has 138 valence electrons. The summed E-state index contributed by atoms with van der Waals surface area (Å²) in [7, 11) is 0. The molecule has 5 nitrogen and oxygen atoms in total. The van der Waals surface area contributed by atoms with Crippen molar-refractivity contribution in [2.24, 2.45) is 0 Å². The van der Waals surface area contributed by atoms with Crippen LogP contribution < -0.4 is 10.6 Å². The van der Waals surface area contributed by atoms with E-state index in [4.69, 9.17) is 10.7 Å². The Balaban J connectivity index is 2.17. The van der Waals surface area contributed by atoms with E-state index in [1.807, 2.05) is 10.7 Å². The third-order valence-corrected chi connectivity index (χ3v) is 5.35. The normalized spacial score (nSPS) is 11.4. The summed E-state index contributed by atoms with van der Waals surface area (Å²) in [6.45, 7) is 10.6. The van der Waals surface area contributed by atoms with Crippen LogP contribution in [0.1, 0.15) is 25.0 Å². The summed E-state index contributed by atoms with van der Waals surface area (Å²) in [5, 5.41) is 0. The Kier molecular flexibility index (Phi) is 4.22. The van der Waals surface area contributed by atoms with E-state index in [1.165, 1.54) is 22.4 Å². The average Bonchev–Trinajstić information content (AvgIpc) is 3.14. The molecule has 0 saturated carbocycles. The molecule has 0 saturated heterocycles. The van der Waals surface area contributed by atoms with Gasteiger partial charge in [0, 0.05) is 24.3 Å². The van der Waals surface area contributed by atoms with Gasteiger partial charge in [-0.15, -0.1) is 0 Å². The van der Waals surface area contributed by atoms with Crippen LogP contribution >= 0.6 is 0 Å². The molecule has 27 heavy (non-hydrogen) atoms. The van der Waals surface area contributed by atoms with Crippen molar-refractivity contribution in [3.63, 3.8) is 0 Å². The number of aromatic nitrogens is 3. The van der Waals surface area contributed by atoms with E-state index in [0.717, 1.165) is 35.2 Å². The van der Waals surface area contributed by atoms with Crippen molar-refractivity contribution < 1.29 is 0 Å². The molecule has 0 aliphatic heterocycles. The molecule has 0 spiro atoms. The zero-order valence-corrected chi connectivity index (χ0v) is 16.3. The Morgan fingerprint density at radius 2 is 1.74 bits per heavy atom. The van der Waals surface area contributed by atoms with Gasteiger partial charge < -0.3 is 10.6 Å². The van der Waals surface area contributed by atoms with Crippen molar-refractivity contribution in [1.82, 2.24) is 14.4 Å². The molecule has 4 rings (SSSR count). The van der Waals surface area contributed by atoms with Crippen LogP contribution in [-0.2, 0) is 0 Å². The number of aryl methyl sites for hydroxylation is 2. The number of nitrogens with zero attached hydrogens (tertiary/aromatic N) is 4. The predicted molar refractivity (Wildman–Crippen MR) is 113 cm³/mol. The monoisotopic (exact) mass is 359 g/mol. The number of nitrogens with two attached hydrogens (primary N) is 1. The molecule has 2 heterocycles. The highest BCUT2D eigenvalue weighted by Gasteiger charge is 2.17. The largest absolute Gasteiger partial charge is 0.382 e. The van der Waals surface area contributed by atoms with Crippen molar-refractivity contribution in [3.8, 4) is 11.1 Å². The van der Waals surface area contributed by atoms with Gasteiger partial charge in [-0.3, -0.25) is 4.40 Å². The molecule has 0 aliphatic carbocycles. The van der Waals surface area contributed by atoms with Gasteiger partial charge in [0.15, 0.2) is 0 Å². The first-order chi connectivity index (χ1) is 13.0. The highest BCUT2D eigenvalue weighted by molar-refractivity contribution is 5.99. The van der Waals surface area contributed by atoms with Crippen LogP contribution in [0, 0.1) is 13.8 Å². The number of nitrogen functional groups attached to an aromatic ring is 1. The molecule has 2 N–H and O–H groups in total. The Labute approximate surface area is 159 Å². The fourth-order valence-corrected chi connectivity index (χ4v) is 3.96. The summed E-state index contributed by atoms with van der Waals surface area (Å²) in [6.07, 6.45) is 3.58. The van der Waals surface area contributed by atoms with Crippen molar-refractivity contribution in [1.29, 1.82) is 0 Å². The minimum absolute atomic E-state index is 0.503. The number of hydrogen-bond acceptors (Lipinski definition) is 4. The highest BCUT2D eigenvalue weighted by Crippen LogP contribution is 2.37. The average molecular weight is 359 g/mol. The van der Waals surface area contributed by atoms with Crippen LogP contribution in [0.2, 0.25) is 0 Å². The summed E-state index contributed by atoms with van der Waals surface area (Å²) in [5.41, 5.74) is 15.0. The topological polar surface area (TPSA) is 59.5 Å². The molecule has 0 fully saturated rings. The van der Waals surface area contributed by atoms with Gasteiger partial charge in [-0.2, -0.15) is 0 Å². The van der Waals surface area contributed by atoms with Gasteiger partial charge in [-0.1, -0.05) is 18.2 Å². The SMILES string of the molecule is CCN(CC)c1cc(-c2c(C)cccc2C)c2nc(N)c3cncn3c2c1. The molecule has 0 aliphatic rings. The standard InChI is InChI=1S/C22H25N5/c1-5-26(6-2)16-10-17(20-14(3)8-7-9-15(20)4)21-18(11-16)27-13-24-12-19(27)22(23)25-21/h7-13H,5-6H2,1-4H3,(H2,23,25). The van der Waals surface area contributed by atoms with Crippen molar-refractivity contribution >= 4 is 28.1 Å². The third-order valence-electron chi connectivity index (χ3n) is 5.35. The van der Waals surface area contributed by atoms with Crippen LogP contribution in [0.3, 0.4) is 0 Å². The van der Waals surface area contributed by atoms with Gasteiger partial charge in [0.2, 0.25) is 0 Å². The fourth-order valence-electron chi connectivity index (χ4n) is 3.96. The molecule has 5 heteroatoms. The molecule has 0 atom stereocenters. The Hall–Kier alpha value is -3.08. The molecule has 0 unspecified atom stereocenters. The number of anilines is 2. The summed E-state index contributed by atoms with van der Waals surface area (Å²) >= 11 is 0. The second-order valence-electron chi connectivity index (χ2n) is 6.95. The molecular weight excluding hydrogens is 334 g/mol. The molecule has 4 aromatic rings. The number of benzene rings is 2. The molecule has 0 radical (unpaired) electrons. The van der Waals surface area contributed by atoms with Crippen LogP contribution in [-0.4, -0.2) is 27.5 Å². The maximum absolute atomic E-state index is 6.26. The molecule has 0 amide bonds. The van der Waals surface area contributed by atoms with Crippen molar-refractivity contribution in [2.45, 2.75) is 27.7 Å². The van der Waals surface area contributed by atoms with Gasteiger partial charge in [0.05, 0.1) is 23.6 Å². The lowest BCUT2D eigenvalue weighted by molar-refractivity contribution is 0.867. The van der Waals surface area contributed by atoms with Gasteiger partial charge >= 0.3 is 0 Å². The van der Waals surface area contributed by atoms with E-state index in [0.29, 0.717) is 5.82 Å². The zero-order chi connectivity index (χ0) is 19.1. The van der Waals surface area contributed by atoms with E-state index in [1.54, 1.807) is 6.20 Å². The molecule has 2 aromatic heterocycles. The molecule has 0 bridgehead atoms. The lowest BCUT2D eigenvalue weighted by Gasteiger charge is -2.24. The highest BCUT2D eigenvalue weighted by atomic mass is 15.1. The number of imidazole rings is 1. The Bertz CT molecular complexity index is 1120. The lowest BCUT2D eigenvalue weighted by atomic mass is 9.94. The van der Waals surface area contributed by atoms with Crippen LogP contribution in [0.25, 0.3) is 27.7 Å². The van der Waals surface area contributed by atoms with Gasteiger partial charge in [-0.25, -0.2) is 9.97 Å². The maximum Gasteiger partial charge on any atom is 0.150 e. The van der Waals surface area contributed by atoms with Crippen LogP contribution in [0.4, 0.5) is 11.5 Å². The Morgan fingerprint density at radius 1 is 1.04 bits per heavy atom. The van der Waals surface area contributed by atoms with Crippen molar-refractivity contribution in [2.75, 3.05) is 23.7 Å². The molecule has 2 aromatic carbocycles. The summed E-state index contributed by atoms with van der Waals surface area (Å²) < 4.78 is 2.04. The van der Waals surface area contributed by atoms with Crippen LogP contribution in [0.5, 0.6) is 0 Å². The van der Waals surface area contributed by atoms with Crippen LogP contribution in [0.15, 0.2) is 42.9 Å². The number of hydrogen-bond donors (Lipinski definition) is 1. The first-order valence-corrected chi connectivity index (χ1v) is 9.42. The summed E-state index contributed by atoms with van der Waals surface area (Å²) in [4.78, 5) is 11.4. The predicted octanol–water partition coefficient (Wildman–Crippen LogP) is 4.59. The minimum Gasteiger partial charge on any atom is -0.382 e. The number of fused-ring (bicyclic) bond motifs is 3. The van der Waals surface area contributed by atoms with E-state index < -0.39 is 0 Å². The van der Waals surface area contributed by atoms with E-state index in [-0.39, 0.29) is 0 Å². The number of rotatable bonds is 4. The first kappa shape index (κ1) is 17.3. The smallest absolute Gasteiger partial charge is 0.150 e. The van der Waals surface area contributed by atoms with Gasteiger partial charge in [0.1, 0.15) is 11.3 Å². The van der Waals surface area contributed by atoms with E-state index in [2.05, 4.69) is 67.9 Å². The van der Waals surface area contributed by atoms with E-state index >= 15 is 0 Å². The van der Waals surface area contributed by atoms with Gasteiger partial charge in [-0.05, 0) is 56.5 Å². The second-order valence-corrected chi connectivity index (χ2v) is 6.95. The first-order valence-electron chi connectivity index (χ1n) is 9.42. The van der Waals surface area contributed by atoms with E-state index in [9.17, 15) is 0 Å². The second kappa shape index (κ2) is 6.58. The maximum atomic E-state index is 6.26. The quantitative estimate of drug-likeness (QED) is 0.579. The van der Waals surface area contributed by atoms with Crippen molar-refractivity contribution in [3.05, 3.63) is 54.0 Å². The summed E-state index contributed by atoms with van der Waals surface area (Å²) in [5.74, 6) is 0.503. The molecular formula is C22H25N5. The fraction of sp³-hybridized carbons (Fsp3) is 0.273. The zero-order valence-electron chi connectivity index (χ0n) is 16.3. The Morgan fingerprint density at radius 3 is 2.41 bits per heavy atom.